The van der Waals surface area contributed by atoms with E-state index in [0.717, 1.165) is 0 Å². The molecular formula is C21H37NO17. The third-order valence-electron chi connectivity index (χ3n) is 7.19. The van der Waals surface area contributed by atoms with Crippen molar-refractivity contribution in [3.63, 3.8) is 0 Å². The summed E-state index contributed by atoms with van der Waals surface area (Å²) in [7, 11) is 0. The third kappa shape index (κ3) is 6.69. The van der Waals surface area contributed by atoms with Crippen LogP contribution in [0.3, 0.4) is 0 Å². The number of hydrogen-bond donors (Lipinski definition) is 11. The molecular weight excluding hydrogens is 538 g/mol. The summed E-state index contributed by atoms with van der Waals surface area (Å²) in [6.07, 6.45) is -21.9. The zero-order valence-corrected chi connectivity index (χ0v) is 20.6. The summed E-state index contributed by atoms with van der Waals surface area (Å²) in [5.74, 6) is 0. The lowest BCUT2D eigenvalue weighted by atomic mass is 9.99. The maximum Gasteiger partial charge on any atom is 0.187 e. The minimum Gasteiger partial charge on any atom is -0.394 e. The number of aliphatic hydroxyl groups is 9. The second-order valence-electron chi connectivity index (χ2n) is 9.83. The first-order chi connectivity index (χ1) is 18.6. The Hall–Kier alpha value is -0.720. The van der Waals surface area contributed by atoms with Crippen molar-refractivity contribution in [2.45, 2.75) is 98.2 Å². The van der Waals surface area contributed by atoms with Crippen LogP contribution < -0.4 is 5.48 Å². The molecule has 7 unspecified atom stereocenters. The number of hydrogen-bond acceptors (Lipinski definition) is 18. The molecule has 0 aromatic carbocycles. The van der Waals surface area contributed by atoms with Gasteiger partial charge in [0.25, 0.3) is 0 Å². The normalized spacial score (nSPS) is 51.2. The molecule has 18 heteroatoms. The SMILES string of the molecule is OC[C@@H]1O[C@@H](OC2C(O)[C@H](CO[C@@H]3CO[C@@H](O[C@@H]4CO[C@@H](NO)C(O)C4O)C(O)C3O)OC[C@H]2O)[C@@H](O)C1O. The fourth-order valence-corrected chi connectivity index (χ4v) is 4.76. The number of hydroxylamine groups is 1. The van der Waals surface area contributed by atoms with Gasteiger partial charge in [-0.25, -0.2) is 0 Å². The fraction of sp³-hybridized carbons (Fsp3) is 1.00. The summed E-state index contributed by atoms with van der Waals surface area (Å²) in [4.78, 5) is 0. The Kier molecular flexibility index (Phi) is 10.8. The molecule has 11 N–H and O–H groups in total. The van der Waals surface area contributed by atoms with E-state index in [1.807, 2.05) is 0 Å². The summed E-state index contributed by atoms with van der Waals surface area (Å²) in [6.45, 7) is -1.78. The quantitative estimate of drug-likeness (QED) is 0.114. The predicted octanol–water partition coefficient (Wildman–Crippen LogP) is -7.16. The zero-order chi connectivity index (χ0) is 28.4. The molecule has 0 aromatic rings. The van der Waals surface area contributed by atoms with Crippen LogP contribution in [0.5, 0.6) is 0 Å². The lowest BCUT2D eigenvalue weighted by Gasteiger charge is -2.43. The van der Waals surface area contributed by atoms with Crippen LogP contribution in [-0.2, 0) is 33.2 Å². The van der Waals surface area contributed by atoms with Crippen molar-refractivity contribution < 1.29 is 84.3 Å². The minimum absolute atomic E-state index is 0.270. The Balaban J connectivity index is 1.27. The van der Waals surface area contributed by atoms with Crippen LogP contribution in [0.25, 0.3) is 0 Å². The van der Waals surface area contributed by atoms with Crippen LogP contribution in [0.15, 0.2) is 0 Å². The molecule has 16 atom stereocenters. The van der Waals surface area contributed by atoms with E-state index in [1.54, 1.807) is 5.48 Å². The van der Waals surface area contributed by atoms with Gasteiger partial charge in [0, 0.05) is 0 Å². The molecule has 0 spiro atoms. The van der Waals surface area contributed by atoms with Crippen LogP contribution in [0.1, 0.15) is 0 Å². The van der Waals surface area contributed by atoms with Gasteiger partial charge < -0.3 is 84.3 Å². The van der Waals surface area contributed by atoms with Gasteiger partial charge in [-0.05, 0) is 0 Å². The number of aliphatic hydroxyl groups excluding tert-OH is 9. The van der Waals surface area contributed by atoms with Gasteiger partial charge in [-0.15, -0.1) is 0 Å². The van der Waals surface area contributed by atoms with Gasteiger partial charge in [-0.1, -0.05) is 0 Å². The molecule has 0 saturated carbocycles. The molecule has 0 aliphatic carbocycles. The maximum atomic E-state index is 10.7. The highest BCUT2D eigenvalue weighted by Crippen LogP contribution is 2.29. The molecule has 0 amide bonds. The fourth-order valence-electron chi connectivity index (χ4n) is 4.76. The van der Waals surface area contributed by atoms with E-state index in [-0.39, 0.29) is 26.4 Å². The van der Waals surface area contributed by atoms with Gasteiger partial charge in [-0.3, -0.25) is 0 Å². The molecule has 4 aliphatic rings. The van der Waals surface area contributed by atoms with Gasteiger partial charge in [0.2, 0.25) is 0 Å². The third-order valence-corrected chi connectivity index (χ3v) is 7.19. The van der Waals surface area contributed by atoms with Crippen molar-refractivity contribution in [1.82, 2.24) is 5.48 Å². The Morgan fingerprint density at radius 1 is 0.641 bits per heavy atom. The van der Waals surface area contributed by atoms with Gasteiger partial charge in [0.05, 0.1) is 33.0 Å². The molecule has 4 aliphatic heterocycles. The Morgan fingerprint density at radius 3 is 1.97 bits per heavy atom. The molecule has 39 heavy (non-hydrogen) atoms. The lowest BCUT2D eigenvalue weighted by molar-refractivity contribution is -0.320. The van der Waals surface area contributed by atoms with Crippen LogP contribution >= 0.6 is 0 Å². The molecule has 18 nitrogen and oxygen atoms in total. The van der Waals surface area contributed by atoms with E-state index in [9.17, 15) is 46.0 Å². The first kappa shape index (κ1) is 31.2. The molecule has 4 rings (SSSR count). The Bertz CT molecular complexity index is 768. The zero-order valence-electron chi connectivity index (χ0n) is 20.6. The van der Waals surface area contributed by atoms with E-state index in [2.05, 4.69) is 0 Å². The van der Waals surface area contributed by atoms with Crippen LogP contribution in [0.4, 0.5) is 0 Å². The van der Waals surface area contributed by atoms with Crippen molar-refractivity contribution in [3.8, 4) is 0 Å². The Labute approximate surface area is 221 Å². The Morgan fingerprint density at radius 2 is 1.31 bits per heavy atom. The predicted molar refractivity (Wildman–Crippen MR) is 117 cm³/mol. The molecule has 0 radical (unpaired) electrons. The smallest absolute Gasteiger partial charge is 0.187 e. The monoisotopic (exact) mass is 575 g/mol. The van der Waals surface area contributed by atoms with E-state index < -0.39 is 105 Å². The largest absolute Gasteiger partial charge is 0.394 e. The van der Waals surface area contributed by atoms with E-state index >= 15 is 0 Å². The average molecular weight is 576 g/mol. The molecule has 4 fully saturated rings. The van der Waals surface area contributed by atoms with Crippen molar-refractivity contribution in [2.75, 3.05) is 33.0 Å². The first-order valence-corrected chi connectivity index (χ1v) is 12.4. The lowest BCUT2D eigenvalue weighted by Crippen LogP contribution is -2.61. The van der Waals surface area contributed by atoms with Crippen LogP contribution in [0.2, 0.25) is 0 Å². The van der Waals surface area contributed by atoms with E-state index in [4.69, 9.17) is 38.4 Å². The van der Waals surface area contributed by atoms with E-state index in [0.29, 0.717) is 0 Å². The van der Waals surface area contributed by atoms with Gasteiger partial charge in [-0.2, -0.15) is 5.48 Å². The second-order valence-corrected chi connectivity index (χ2v) is 9.83. The molecule has 0 bridgehead atoms. The summed E-state index contributed by atoms with van der Waals surface area (Å²) in [5, 5.41) is 100. The van der Waals surface area contributed by atoms with Crippen molar-refractivity contribution in [3.05, 3.63) is 0 Å². The van der Waals surface area contributed by atoms with Crippen molar-refractivity contribution >= 4 is 0 Å². The summed E-state index contributed by atoms with van der Waals surface area (Å²) < 4.78 is 37.7. The standard InChI is InChI=1S/C21H37NO17/c23-1-7-11(25)17(31)21(37-7)39-18-6(24)2-33-9(14(18)28)3-34-8-4-36-20(16(30)12(8)26)38-10-5-35-19(22-32)15(29)13(10)27/h6-32H,1-5H2/t6-,7+,8-,9+,10-,11?,12?,13?,14?,15?,16?,17+,18?,19-,20+,21+/m1/s1. The van der Waals surface area contributed by atoms with Gasteiger partial charge in [0.1, 0.15) is 79.4 Å². The highest BCUT2D eigenvalue weighted by atomic mass is 16.7. The number of ether oxygens (including phenoxy) is 7. The highest BCUT2D eigenvalue weighted by Gasteiger charge is 2.49. The molecule has 0 aromatic heterocycles. The second kappa shape index (κ2) is 13.5. The van der Waals surface area contributed by atoms with Crippen LogP contribution in [0, 0.1) is 0 Å². The highest BCUT2D eigenvalue weighted by molar-refractivity contribution is 4.93. The van der Waals surface area contributed by atoms with Crippen molar-refractivity contribution in [1.29, 1.82) is 0 Å². The molecule has 228 valence electrons. The maximum absolute atomic E-state index is 10.7. The molecule has 4 saturated heterocycles. The summed E-state index contributed by atoms with van der Waals surface area (Å²) in [5.41, 5.74) is 1.69. The molecule has 4 heterocycles. The number of nitrogens with one attached hydrogen (secondary N) is 1. The number of rotatable bonds is 9. The minimum atomic E-state index is -1.65. The summed E-state index contributed by atoms with van der Waals surface area (Å²) in [6, 6.07) is 0. The topological polar surface area (TPSA) is 279 Å². The first-order valence-electron chi connectivity index (χ1n) is 12.4. The van der Waals surface area contributed by atoms with E-state index in [1.165, 1.54) is 0 Å². The average Bonchev–Trinajstić information content (AvgIpc) is 3.20. The van der Waals surface area contributed by atoms with Crippen LogP contribution in [-0.4, -0.2) is 182 Å². The van der Waals surface area contributed by atoms with Gasteiger partial charge >= 0.3 is 0 Å². The summed E-state index contributed by atoms with van der Waals surface area (Å²) >= 11 is 0. The van der Waals surface area contributed by atoms with Gasteiger partial charge in [0.15, 0.2) is 18.8 Å². The van der Waals surface area contributed by atoms with Crippen molar-refractivity contribution in [2.24, 2.45) is 0 Å².